The molecule has 4 rings (SSSR count). The Hall–Kier alpha value is -3.75. The van der Waals surface area contributed by atoms with Gasteiger partial charge in [0.1, 0.15) is 24.3 Å². The minimum Gasteiger partial charge on any atom is -0.491 e. The molecule has 0 saturated carbocycles. The van der Waals surface area contributed by atoms with E-state index in [0.717, 1.165) is 42.0 Å². The normalized spacial score (nSPS) is 11.9. The lowest BCUT2D eigenvalue weighted by atomic mass is 9.90. The van der Waals surface area contributed by atoms with Gasteiger partial charge in [-0.25, -0.2) is 5.10 Å². The van der Waals surface area contributed by atoms with Crippen LogP contribution in [-0.4, -0.2) is 50.2 Å². The minimum atomic E-state index is -0.884. The van der Waals surface area contributed by atoms with Gasteiger partial charge in [0.15, 0.2) is 0 Å². The number of aryl methyl sites for hydroxylation is 4. The van der Waals surface area contributed by atoms with Crippen LogP contribution in [0, 0.1) is 20.8 Å². The van der Waals surface area contributed by atoms with Gasteiger partial charge >= 0.3 is 0 Å². The lowest BCUT2D eigenvalue weighted by Gasteiger charge is -2.18. The van der Waals surface area contributed by atoms with E-state index in [2.05, 4.69) is 89.2 Å². The van der Waals surface area contributed by atoms with Crippen LogP contribution in [0.3, 0.4) is 0 Å². The first-order valence-electron chi connectivity index (χ1n) is 12.1. The predicted octanol–water partition coefficient (Wildman–Crippen LogP) is 3.92. The summed E-state index contributed by atoms with van der Waals surface area (Å²) in [7, 11) is 0. The number of hydrogen-bond donors (Lipinski definition) is 4. The lowest BCUT2D eigenvalue weighted by molar-refractivity contribution is 0.0536. The predicted molar refractivity (Wildman–Crippen MR) is 140 cm³/mol. The molecule has 0 bridgehead atoms. The number of aromatic amines is 1. The van der Waals surface area contributed by atoms with E-state index in [1.807, 2.05) is 12.1 Å². The van der Waals surface area contributed by atoms with Gasteiger partial charge in [0.25, 0.3) is 0 Å². The van der Waals surface area contributed by atoms with Crippen molar-refractivity contribution in [2.24, 2.45) is 0 Å². The number of aliphatic hydroxyl groups excluding tert-OH is 2. The molecule has 0 unspecified atom stereocenters. The van der Waals surface area contributed by atoms with Crippen LogP contribution >= 0.6 is 0 Å². The molecule has 3 aromatic carbocycles. The number of benzene rings is 3. The van der Waals surface area contributed by atoms with Crippen LogP contribution in [-0.2, 0) is 19.4 Å². The van der Waals surface area contributed by atoms with Crippen LogP contribution in [0.1, 0.15) is 33.6 Å². The van der Waals surface area contributed by atoms with Crippen molar-refractivity contribution in [3.05, 3.63) is 88.2 Å². The van der Waals surface area contributed by atoms with Crippen molar-refractivity contribution in [1.29, 1.82) is 0 Å². The average Bonchev–Trinajstić information content (AvgIpc) is 3.40. The summed E-state index contributed by atoms with van der Waals surface area (Å²) >= 11 is 0. The van der Waals surface area contributed by atoms with Gasteiger partial charge in [-0.2, -0.15) is 0 Å². The number of ether oxygens (including phenoxy) is 1. The molecule has 0 radical (unpaired) electrons. The Kier molecular flexibility index (Phi) is 8.30. The highest BCUT2D eigenvalue weighted by molar-refractivity contribution is 5.75. The zero-order valence-electron chi connectivity index (χ0n) is 21.0. The fraction of sp³-hybridized carbons (Fsp3) is 0.321. The van der Waals surface area contributed by atoms with Crippen molar-refractivity contribution < 1.29 is 14.9 Å². The standard InChI is InChI=1S/C28H33N5O3/c1-18-13-25(36-17-24(35)16-34)14-19(2)28(18)26-6-4-5-22(20(26)3)15-29-23-10-7-21(8-11-23)9-12-27-30-32-33-31-27/h4-8,10-11,13-14,24,29,34-35H,9,12,15-17H2,1-3H3,(H,30,31,32,33)/t24-/m0/s1. The Bertz CT molecular complexity index is 1250. The monoisotopic (exact) mass is 487 g/mol. The lowest BCUT2D eigenvalue weighted by Crippen LogP contribution is -2.21. The van der Waals surface area contributed by atoms with Crippen LogP contribution in [0.4, 0.5) is 5.69 Å². The highest BCUT2D eigenvalue weighted by atomic mass is 16.5. The molecule has 0 saturated heterocycles. The summed E-state index contributed by atoms with van der Waals surface area (Å²) < 4.78 is 5.66. The molecule has 188 valence electrons. The van der Waals surface area contributed by atoms with Crippen LogP contribution in [0.25, 0.3) is 11.1 Å². The maximum Gasteiger partial charge on any atom is 0.148 e. The molecule has 8 nitrogen and oxygen atoms in total. The maximum absolute atomic E-state index is 9.57. The number of hydrogen-bond acceptors (Lipinski definition) is 7. The Morgan fingerprint density at radius 1 is 1.00 bits per heavy atom. The second kappa shape index (κ2) is 11.8. The fourth-order valence-electron chi connectivity index (χ4n) is 4.36. The van der Waals surface area contributed by atoms with Crippen molar-refractivity contribution in [1.82, 2.24) is 20.6 Å². The second-order valence-corrected chi connectivity index (χ2v) is 9.07. The van der Waals surface area contributed by atoms with Gasteiger partial charge in [0.2, 0.25) is 0 Å². The largest absolute Gasteiger partial charge is 0.491 e. The van der Waals surface area contributed by atoms with Gasteiger partial charge in [-0.1, -0.05) is 30.3 Å². The third-order valence-electron chi connectivity index (χ3n) is 6.35. The van der Waals surface area contributed by atoms with Crippen LogP contribution < -0.4 is 10.1 Å². The molecule has 0 amide bonds. The van der Waals surface area contributed by atoms with E-state index >= 15 is 0 Å². The van der Waals surface area contributed by atoms with E-state index in [9.17, 15) is 5.11 Å². The summed E-state index contributed by atoms with van der Waals surface area (Å²) in [6.07, 6.45) is 0.773. The molecule has 36 heavy (non-hydrogen) atoms. The van der Waals surface area contributed by atoms with E-state index in [1.54, 1.807) is 0 Å². The quantitative estimate of drug-likeness (QED) is 0.253. The fourth-order valence-corrected chi connectivity index (χ4v) is 4.36. The summed E-state index contributed by atoms with van der Waals surface area (Å²) in [5.74, 6) is 1.48. The third kappa shape index (κ3) is 6.27. The molecule has 0 aliphatic rings. The smallest absolute Gasteiger partial charge is 0.148 e. The van der Waals surface area contributed by atoms with E-state index in [4.69, 9.17) is 9.84 Å². The highest BCUT2D eigenvalue weighted by Crippen LogP contribution is 2.34. The zero-order chi connectivity index (χ0) is 25.5. The number of nitrogens with zero attached hydrogens (tertiary/aromatic N) is 3. The summed E-state index contributed by atoms with van der Waals surface area (Å²) in [6, 6.07) is 18.8. The second-order valence-electron chi connectivity index (χ2n) is 9.07. The molecule has 8 heteroatoms. The summed E-state index contributed by atoms with van der Waals surface area (Å²) in [4.78, 5) is 0. The van der Waals surface area contributed by atoms with Gasteiger partial charge in [-0.05, 0) is 101 Å². The van der Waals surface area contributed by atoms with E-state index in [1.165, 1.54) is 27.8 Å². The number of aromatic nitrogens is 4. The van der Waals surface area contributed by atoms with E-state index in [0.29, 0.717) is 5.75 Å². The third-order valence-corrected chi connectivity index (χ3v) is 6.35. The summed E-state index contributed by atoms with van der Waals surface area (Å²) in [6.45, 7) is 6.78. The molecule has 1 heterocycles. The molecule has 0 aliphatic carbocycles. The molecule has 0 aliphatic heterocycles. The number of aliphatic hydroxyl groups is 2. The topological polar surface area (TPSA) is 116 Å². The minimum absolute atomic E-state index is 0.0643. The molecule has 4 N–H and O–H groups in total. The van der Waals surface area contributed by atoms with Crippen LogP contribution in [0.2, 0.25) is 0 Å². The number of nitrogens with one attached hydrogen (secondary N) is 2. The average molecular weight is 488 g/mol. The highest BCUT2D eigenvalue weighted by Gasteiger charge is 2.13. The van der Waals surface area contributed by atoms with Gasteiger partial charge < -0.3 is 20.3 Å². The first-order valence-corrected chi connectivity index (χ1v) is 12.1. The molecule has 4 aromatic rings. The summed E-state index contributed by atoms with van der Waals surface area (Å²) in [5, 5.41) is 36.1. The Morgan fingerprint density at radius 2 is 1.75 bits per heavy atom. The van der Waals surface area contributed by atoms with Crippen molar-refractivity contribution in [3.63, 3.8) is 0 Å². The zero-order valence-corrected chi connectivity index (χ0v) is 21.0. The first-order chi connectivity index (χ1) is 17.4. The number of rotatable bonds is 11. The number of tetrazole rings is 1. The van der Waals surface area contributed by atoms with Gasteiger partial charge in [0, 0.05) is 18.7 Å². The first kappa shape index (κ1) is 25.3. The van der Waals surface area contributed by atoms with Crippen LogP contribution in [0.15, 0.2) is 54.6 Å². The van der Waals surface area contributed by atoms with Gasteiger partial charge in [0.05, 0.1) is 6.61 Å². The Labute approximate surface area is 211 Å². The molecular weight excluding hydrogens is 454 g/mol. The molecule has 1 aromatic heterocycles. The van der Waals surface area contributed by atoms with Crippen molar-refractivity contribution >= 4 is 5.69 Å². The Balaban J connectivity index is 1.43. The molecule has 0 spiro atoms. The molecule has 1 atom stereocenters. The molecule has 0 fully saturated rings. The number of anilines is 1. The molecular formula is C28H33N5O3. The SMILES string of the molecule is Cc1cc(OC[C@@H](O)CO)cc(C)c1-c1cccc(CNc2ccc(CCc3nnn[nH]3)cc2)c1C. The van der Waals surface area contributed by atoms with Gasteiger partial charge in [-0.15, -0.1) is 5.10 Å². The Morgan fingerprint density at radius 3 is 2.42 bits per heavy atom. The van der Waals surface area contributed by atoms with Crippen LogP contribution in [0.5, 0.6) is 5.75 Å². The maximum atomic E-state index is 9.57. The summed E-state index contributed by atoms with van der Waals surface area (Å²) in [5.41, 5.74) is 9.38. The van der Waals surface area contributed by atoms with E-state index in [-0.39, 0.29) is 13.2 Å². The van der Waals surface area contributed by atoms with Gasteiger partial charge in [-0.3, -0.25) is 0 Å². The number of H-pyrrole nitrogens is 1. The van der Waals surface area contributed by atoms with Crippen molar-refractivity contribution in [3.8, 4) is 16.9 Å². The van der Waals surface area contributed by atoms with Crippen molar-refractivity contribution in [2.75, 3.05) is 18.5 Å². The van der Waals surface area contributed by atoms with E-state index < -0.39 is 6.10 Å². The van der Waals surface area contributed by atoms with Crippen molar-refractivity contribution in [2.45, 2.75) is 46.3 Å².